The fourth-order valence-electron chi connectivity index (χ4n) is 1.54. The maximum absolute atomic E-state index is 11.8. The van der Waals surface area contributed by atoms with Crippen LogP contribution < -0.4 is 10.5 Å². The summed E-state index contributed by atoms with van der Waals surface area (Å²) in [6.45, 7) is 0.882. The number of benzene rings is 1. The van der Waals surface area contributed by atoms with Gasteiger partial charge in [0.05, 0.1) is 13.2 Å². The summed E-state index contributed by atoms with van der Waals surface area (Å²) in [6, 6.07) is 5.32. The number of nitrogens with two attached hydrogens (primary N) is 1. The third kappa shape index (κ3) is 6.58. The lowest BCUT2D eigenvalue weighted by molar-refractivity contribution is -0.174. The van der Waals surface area contributed by atoms with E-state index in [1.165, 1.54) is 0 Å². The van der Waals surface area contributed by atoms with Crippen molar-refractivity contribution in [2.24, 2.45) is 5.73 Å². The summed E-state index contributed by atoms with van der Waals surface area (Å²) in [5, 5.41) is 0. The van der Waals surface area contributed by atoms with Crippen LogP contribution in [0.2, 0.25) is 0 Å². The third-order valence-corrected chi connectivity index (χ3v) is 2.92. The smallest absolute Gasteiger partial charge is 0.411 e. The van der Waals surface area contributed by atoms with Crippen LogP contribution in [0.4, 0.5) is 13.2 Å². The van der Waals surface area contributed by atoms with E-state index in [1.54, 1.807) is 6.07 Å². The molecule has 2 N–H and O–H groups in total. The van der Waals surface area contributed by atoms with Gasteiger partial charge in [-0.3, -0.25) is 0 Å². The van der Waals surface area contributed by atoms with E-state index in [2.05, 4.69) is 20.7 Å². The van der Waals surface area contributed by atoms with Crippen LogP contribution in [0.15, 0.2) is 22.7 Å². The van der Waals surface area contributed by atoms with Crippen LogP contribution in [0.1, 0.15) is 24.9 Å². The Bertz CT molecular complexity index is 425. The van der Waals surface area contributed by atoms with Gasteiger partial charge in [0.2, 0.25) is 0 Å². The van der Waals surface area contributed by atoms with Gasteiger partial charge in [0, 0.05) is 22.5 Å². The summed E-state index contributed by atoms with van der Waals surface area (Å²) in [7, 11) is 0. The second-order valence-electron chi connectivity index (χ2n) is 4.34. The fourth-order valence-corrected chi connectivity index (χ4v) is 1.88. The van der Waals surface area contributed by atoms with Crippen LogP contribution in [0.25, 0.3) is 0 Å². The summed E-state index contributed by atoms with van der Waals surface area (Å²) >= 11 is 3.33. The number of halogens is 4. The first kappa shape index (κ1) is 17.3. The highest BCUT2D eigenvalue weighted by Gasteiger charge is 2.27. The predicted octanol–water partition coefficient (Wildman–Crippen LogP) is 3.82. The third-order valence-electron chi connectivity index (χ3n) is 2.42. The zero-order chi connectivity index (χ0) is 15.2. The molecule has 0 bridgehead atoms. The fraction of sp³-hybridized carbons (Fsp3) is 0.538. The van der Waals surface area contributed by atoms with Crippen molar-refractivity contribution in [3.8, 4) is 5.75 Å². The highest BCUT2D eigenvalue weighted by molar-refractivity contribution is 9.10. The zero-order valence-electron chi connectivity index (χ0n) is 11.0. The normalized spacial score (nSPS) is 13.3. The second kappa shape index (κ2) is 7.85. The van der Waals surface area contributed by atoms with E-state index in [9.17, 15) is 13.2 Å². The van der Waals surface area contributed by atoms with Crippen LogP contribution in [0.3, 0.4) is 0 Å². The molecule has 1 unspecified atom stereocenters. The molecular formula is C13H17BrF3NO2. The Kier molecular flexibility index (Phi) is 6.78. The molecular weight excluding hydrogens is 339 g/mol. The first-order valence-electron chi connectivity index (χ1n) is 6.12. The summed E-state index contributed by atoms with van der Waals surface area (Å²) in [5.41, 5.74) is 6.67. The molecule has 0 spiro atoms. The van der Waals surface area contributed by atoms with Crippen molar-refractivity contribution in [3.05, 3.63) is 28.2 Å². The molecule has 114 valence electrons. The minimum Gasteiger partial charge on any atom is -0.493 e. The molecule has 0 aliphatic rings. The highest BCUT2D eigenvalue weighted by Crippen LogP contribution is 2.27. The van der Waals surface area contributed by atoms with Crippen molar-refractivity contribution in [1.29, 1.82) is 0 Å². The summed E-state index contributed by atoms with van der Waals surface area (Å²) < 4.78 is 46.4. The van der Waals surface area contributed by atoms with Crippen molar-refractivity contribution in [2.45, 2.75) is 25.6 Å². The maximum Gasteiger partial charge on any atom is 0.411 e. The Hall–Kier alpha value is -0.790. The van der Waals surface area contributed by atoms with Gasteiger partial charge in [-0.25, -0.2) is 0 Å². The summed E-state index contributed by atoms with van der Waals surface area (Å²) in [6.07, 6.45) is -3.91. The Morgan fingerprint density at radius 3 is 2.60 bits per heavy atom. The molecule has 0 amide bonds. The first-order chi connectivity index (χ1) is 9.29. The van der Waals surface area contributed by atoms with Gasteiger partial charge in [0.25, 0.3) is 0 Å². The number of rotatable bonds is 7. The van der Waals surface area contributed by atoms with E-state index < -0.39 is 12.8 Å². The van der Waals surface area contributed by atoms with Gasteiger partial charge in [-0.1, -0.05) is 22.0 Å². The molecule has 0 aromatic heterocycles. The van der Waals surface area contributed by atoms with E-state index in [4.69, 9.17) is 10.5 Å². The molecule has 3 nitrogen and oxygen atoms in total. The Morgan fingerprint density at radius 1 is 1.30 bits per heavy atom. The molecule has 0 fully saturated rings. The molecule has 20 heavy (non-hydrogen) atoms. The molecule has 1 aromatic rings. The molecule has 0 radical (unpaired) electrons. The first-order valence-corrected chi connectivity index (χ1v) is 6.91. The van der Waals surface area contributed by atoms with E-state index in [1.807, 2.05) is 19.1 Å². The molecule has 0 saturated carbocycles. The number of hydrogen-bond acceptors (Lipinski definition) is 3. The summed E-state index contributed by atoms with van der Waals surface area (Å²) in [5.74, 6) is 0.630. The Balaban J connectivity index is 2.37. The van der Waals surface area contributed by atoms with Crippen LogP contribution in [-0.4, -0.2) is 26.0 Å². The van der Waals surface area contributed by atoms with Gasteiger partial charge in [-0.15, -0.1) is 0 Å². The lowest BCUT2D eigenvalue weighted by atomic mass is 10.1. The van der Waals surface area contributed by atoms with Gasteiger partial charge in [0.15, 0.2) is 0 Å². The van der Waals surface area contributed by atoms with E-state index >= 15 is 0 Å². The maximum atomic E-state index is 11.8. The topological polar surface area (TPSA) is 44.5 Å². The van der Waals surface area contributed by atoms with E-state index in [-0.39, 0.29) is 19.3 Å². The molecule has 1 rings (SSSR count). The molecule has 0 aliphatic heterocycles. The average molecular weight is 356 g/mol. The molecule has 1 aromatic carbocycles. The SMILES string of the molecule is CC(N)c1ccc(Br)cc1OCCCOCC(F)(F)F. The van der Waals surface area contributed by atoms with E-state index in [0.29, 0.717) is 12.2 Å². The number of hydrogen-bond donors (Lipinski definition) is 1. The number of alkyl halides is 3. The van der Waals surface area contributed by atoms with E-state index in [0.717, 1.165) is 10.0 Å². The lowest BCUT2D eigenvalue weighted by Crippen LogP contribution is -2.18. The standard InChI is InChI=1S/C13H17BrF3NO2/c1-9(18)11-4-3-10(14)7-12(11)20-6-2-5-19-8-13(15,16)17/h3-4,7,9H,2,5-6,8,18H2,1H3. The predicted molar refractivity (Wildman–Crippen MR) is 73.7 cm³/mol. The van der Waals surface area contributed by atoms with Gasteiger partial charge < -0.3 is 15.2 Å². The van der Waals surface area contributed by atoms with Gasteiger partial charge in [0.1, 0.15) is 12.4 Å². The van der Waals surface area contributed by atoms with Crippen molar-refractivity contribution in [2.75, 3.05) is 19.8 Å². The van der Waals surface area contributed by atoms with Crippen molar-refractivity contribution in [1.82, 2.24) is 0 Å². The van der Waals surface area contributed by atoms with Crippen molar-refractivity contribution in [3.63, 3.8) is 0 Å². The molecule has 0 saturated heterocycles. The second-order valence-corrected chi connectivity index (χ2v) is 5.26. The average Bonchev–Trinajstić information content (AvgIpc) is 2.32. The summed E-state index contributed by atoms with van der Waals surface area (Å²) in [4.78, 5) is 0. The van der Waals surface area contributed by atoms with Crippen LogP contribution >= 0.6 is 15.9 Å². The van der Waals surface area contributed by atoms with Crippen LogP contribution in [-0.2, 0) is 4.74 Å². The minimum atomic E-state index is -4.28. The van der Waals surface area contributed by atoms with Crippen LogP contribution in [0.5, 0.6) is 5.75 Å². The molecule has 1 atom stereocenters. The molecule has 0 heterocycles. The number of ether oxygens (including phenoxy) is 2. The Labute approximate surface area is 124 Å². The monoisotopic (exact) mass is 355 g/mol. The zero-order valence-corrected chi connectivity index (χ0v) is 12.6. The van der Waals surface area contributed by atoms with Gasteiger partial charge in [-0.05, 0) is 19.1 Å². The Morgan fingerprint density at radius 2 is 2.00 bits per heavy atom. The quantitative estimate of drug-likeness (QED) is 0.756. The van der Waals surface area contributed by atoms with Gasteiger partial charge in [-0.2, -0.15) is 13.2 Å². The lowest BCUT2D eigenvalue weighted by Gasteiger charge is -2.14. The van der Waals surface area contributed by atoms with Crippen molar-refractivity contribution < 1.29 is 22.6 Å². The van der Waals surface area contributed by atoms with Crippen LogP contribution in [0, 0.1) is 0 Å². The molecule has 0 aliphatic carbocycles. The molecule has 7 heteroatoms. The highest BCUT2D eigenvalue weighted by atomic mass is 79.9. The minimum absolute atomic E-state index is 0.00102. The largest absolute Gasteiger partial charge is 0.493 e. The van der Waals surface area contributed by atoms with Gasteiger partial charge >= 0.3 is 6.18 Å². The van der Waals surface area contributed by atoms with Crippen molar-refractivity contribution >= 4 is 15.9 Å².